The van der Waals surface area contributed by atoms with Crippen LogP contribution in [0.5, 0.6) is 0 Å². The zero-order valence-electron chi connectivity index (χ0n) is 15.5. The first-order chi connectivity index (χ1) is 13.7. The Kier molecular flexibility index (Phi) is 5.21. The predicted octanol–water partition coefficient (Wildman–Crippen LogP) is 1.85. The number of sulfonamides is 1. The highest BCUT2D eigenvalue weighted by molar-refractivity contribution is 7.91. The van der Waals surface area contributed by atoms with Crippen molar-refractivity contribution in [1.29, 1.82) is 0 Å². The van der Waals surface area contributed by atoms with Crippen molar-refractivity contribution in [3.63, 3.8) is 0 Å². The summed E-state index contributed by atoms with van der Waals surface area (Å²) < 4.78 is 69.0. The summed E-state index contributed by atoms with van der Waals surface area (Å²) in [4.78, 5) is 8.04. The molecule has 3 heterocycles. The number of imidazole rings is 1. The first kappa shape index (κ1) is 20.4. The smallest absolute Gasteiger partial charge is 0.243 e. The maximum Gasteiger partial charge on any atom is 0.243 e. The molecule has 1 aromatic carbocycles. The average molecular weight is 459 g/mol. The normalized spacial score (nSPS) is 21.6. The highest BCUT2D eigenvalue weighted by Crippen LogP contribution is 2.30. The van der Waals surface area contributed by atoms with E-state index in [1.54, 1.807) is 18.6 Å². The lowest BCUT2D eigenvalue weighted by Gasteiger charge is -2.33. The quantitative estimate of drug-likeness (QED) is 0.578. The molecule has 1 aliphatic rings. The van der Waals surface area contributed by atoms with Gasteiger partial charge in [-0.25, -0.2) is 31.2 Å². The van der Waals surface area contributed by atoms with E-state index in [1.165, 1.54) is 40.4 Å². The third-order valence-electron chi connectivity index (χ3n) is 5.07. The van der Waals surface area contributed by atoms with Crippen LogP contribution in [-0.4, -0.2) is 60.7 Å². The van der Waals surface area contributed by atoms with Gasteiger partial charge in [0.2, 0.25) is 25.0 Å². The standard InChI is InChI=1S/C17H19FN4O4S3/c1-21-7-5-19-17(21)28(23,24)10-12-4-6-22(9-14(12)18)29(25,26)13-2-3-15-16(8-13)27-11-20-15/h2-3,5,7-8,11-12,14H,4,6,9-10H2,1H3/t12-,14+/m0/s1. The molecular weight excluding hydrogens is 439 g/mol. The van der Waals surface area contributed by atoms with Crippen molar-refractivity contribution in [2.75, 3.05) is 18.8 Å². The number of aromatic nitrogens is 3. The van der Waals surface area contributed by atoms with E-state index in [1.807, 2.05) is 0 Å². The molecule has 29 heavy (non-hydrogen) atoms. The van der Waals surface area contributed by atoms with Crippen LogP contribution in [0.15, 0.2) is 46.2 Å². The number of halogens is 1. The molecule has 3 aromatic rings. The first-order valence-electron chi connectivity index (χ1n) is 8.86. The molecule has 0 unspecified atom stereocenters. The molecular formula is C17H19FN4O4S3. The van der Waals surface area contributed by atoms with Gasteiger partial charge in [0.1, 0.15) is 6.17 Å². The molecule has 4 rings (SSSR count). The minimum Gasteiger partial charge on any atom is -0.325 e. The van der Waals surface area contributed by atoms with E-state index in [2.05, 4.69) is 9.97 Å². The number of sulfone groups is 1. The van der Waals surface area contributed by atoms with E-state index >= 15 is 0 Å². The van der Waals surface area contributed by atoms with Gasteiger partial charge < -0.3 is 4.57 Å². The van der Waals surface area contributed by atoms with E-state index in [-0.39, 0.29) is 29.6 Å². The van der Waals surface area contributed by atoms with Gasteiger partial charge in [0.05, 0.1) is 26.4 Å². The van der Waals surface area contributed by atoms with Gasteiger partial charge in [-0.3, -0.25) is 0 Å². The molecule has 0 spiro atoms. The molecule has 0 saturated carbocycles. The van der Waals surface area contributed by atoms with Crippen LogP contribution < -0.4 is 0 Å². The summed E-state index contributed by atoms with van der Waals surface area (Å²) in [5, 5.41) is -0.113. The fourth-order valence-electron chi connectivity index (χ4n) is 3.48. The molecule has 2 atom stereocenters. The first-order valence-corrected chi connectivity index (χ1v) is 12.8. The summed E-state index contributed by atoms with van der Waals surface area (Å²) in [6.45, 7) is -0.311. The zero-order valence-corrected chi connectivity index (χ0v) is 17.9. The van der Waals surface area contributed by atoms with Gasteiger partial charge >= 0.3 is 0 Å². The highest BCUT2D eigenvalue weighted by atomic mass is 32.2. The number of hydrogen-bond acceptors (Lipinski definition) is 7. The number of benzene rings is 1. The van der Waals surface area contributed by atoms with Crippen molar-refractivity contribution in [3.05, 3.63) is 36.1 Å². The Bertz CT molecular complexity index is 1250. The van der Waals surface area contributed by atoms with Crippen molar-refractivity contribution in [2.45, 2.75) is 22.6 Å². The number of rotatable bonds is 5. The van der Waals surface area contributed by atoms with Gasteiger partial charge in [-0.2, -0.15) is 4.31 Å². The minimum absolute atomic E-state index is 0.0598. The van der Waals surface area contributed by atoms with Gasteiger partial charge in [0.15, 0.2) is 0 Å². The van der Waals surface area contributed by atoms with E-state index in [0.29, 0.717) is 5.52 Å². The lowest BCUT2D eigenvalue weighted by Crippen LogP contribution is -2.46. The Morgan fingerprint density at radius 1 is 1.24 bits per heavy atom. The topological polar surface area (TPSA) is 102 Å². The largest absolute Gasteiger partial charge is 0.325 e. The van der Waals surface area contributed by atoms with Crippen molar-refractivity contribution in [3.8, 4) is 0 Å². The predicted molar refractivity (Wildman–Crippen MR) is 107 cm³/mol. The van der Waals surface area contributed by atoms with E-state index in [0.717, 1.165) is 9.01 Å². The van der Waals surface area contributed by atoms with Crippen LogP contribution in [0.1, 0.15) is 6.42 Å². The second-order valence-corrected chi connectivity index (χ2v) is 11.8. The number of piperidine rings is 1. The fraction of sp³-hybridized carbons (Fsp3) is 0.412. The molecule has 0 bridgehead atoms. The van der Waals surface area contributed by atoms with Crippen molar-refractivity contribution in [1.82, 2.24) is 18.8 Å². The Morgan fingerprint density at radius 2 is 2.03 bits per heavy atom. The van der Waals surface area contributed by atoms with Gasteiger partial charge in [-0.05, 0) is 24.6 Å². The summed E-state index contributed by atoms with van der Waals surface area (Å²) in [5.74, 6) is -1.19. The molecule has 0 radical (unpaired) electrons. The number of alkyl halides is 1. The summed E-state index contributed by atoms with van der Waals surface area (Å²) in [7, 11) is -6.08. The third-order valence-corrected chi connectivity index (χ3v) is 9.54. The summed E-state index contributed by atoms with van der Waals surface area (Å²) in [6, 6.07) is 4.62. The van der Waals surface area contributed by atoms with Crippen LogP contribution in [0.3, 0.4) is 0 Å². The minimum atomic E-state index is -3.88. The fourth-order valence-corrected chi connectivity index (χ4v) is 7.57. The van der Waals surface area contributed by atoms with E-state index in [9.17, 15) is 21.2 Å². The third kappa shape index (κ3) is 3.81. The Morgan fingerprint density at radius 3 is 2.72 bits per heavy atom. The Hall–Kier alpha value is -1.89. The van der Waals surface area contributed by atoms with Crippen LogP contribution in [-0.2, 0) is 26.9 Å². The zero-order chi connectivity index (χ0) is 20.8. The molecule has 1 aliphatic heterocycles. The molecule has 12 heteroatoms. The summed E-state index contributed by atoms with van der Waals surface area (Å²) in [6.07, 6.45) is 1.41. The number of nitrogens with zero attached hydrogens (tertiary/aromatic N) is 4. The number of aryl methyl sites for hydroxylation is 1. The lowest BCUT2D eigenvalue weighted by molar-refractivity contribution is 0.145. The second-order valence-electron chi connectivity index (χ2n) is 7.01. The van der Waals surface area contributed by atoms with Gasteiger partial charge in [-0.1, -0.05) is 0 Å². The van der Waals surface area contributed by atoms with Crippen LogP contribution in [0.2, 0.25) is 0 Å². The van der Waals surface area contributed by atoms with E-state index < -0.39 is 37.7 Å². The Balaban J connectivity index is 1.50. The van der Waals surface area contributed by atoms with Crippen LogP contribution in [0.4, 0.5) is 4.39 Å². The number of hydrogen-bond donors (Lipinski definition) is 0. The SMILES string of the molecule is Cn1ccnc1S(=O)(=O)C[C@@H]1CCN(S(=O)(=O)c2ccc3ncsc3c2)C[C@H]1F. The van der Waals surface area contributed by atoms with Crippen LogP contribution in [0.25, 0.3) is 10.2 Å². The second kappa shape index (κ2) is 7.42. The molecule has 0 aliphatic carbocycles. The molecule has 2 aromatic heterocycles. The Labute approximate surface area is 172 Å². The van der Waals surface area contributed by atoms with E-state index in [4.69, 9.17) is 0 Å². The number of fused-ring (bicyclic) bond motifs is 1. The maximum absolute atomic E-state index is 14.8. The average Bonchev–Trinajstić information content (AvgIpc) is 3.31. The molecule has 1 fully saturated rings. The monoisotopic (exact) mass is 458 g/mol. The molecule has 8 nitrogen and oxygen atoms in total. The lowest BCUT2D eigenvalue weighted by atomic mass is 9.98. The highest BCUT2D eigenvalue weighted by Gasteiger charge is 2.38. The van der Waals surface area contributed by atoms with Crippen LogP contribution >= 0.6 is 11.3 Å². The molecule has 0 amide bonds. The van der Waals surface area contributed by atoms with Crippen molar-refractivity contribution < 1.29 is 21.2 Å². The maximum atomic E-state index is 14.8. The van der Waals surface area contributed by atoms with Crippen LogP contribution in [0, 0.1) is 5.92 Å². The van der Waals surface area contributed by atoms with Crippen molar-refractivity contribution in [2.24, 2.45) is 13.0 Å². The number of thiazole rings is 1. The summed E-state index contributed by atoms with van der Waals surface area (Å²) in [5.41, 5.74) is 2.34. The molecule has 156 valence electrons. The molecule has 0 N–H and O–H groups in total. The molecule has 1 saturated heterocycles. The van der Waals surface area contributed by atoms with Gasteiger partial charge in [0, 0.05) is 38.4 Å². The summed E-state index contributed by atoms with van der Waals surface area (Å²) >= 11 is 1.33. The van der Waals surface area contributed by atoms with Gasteiger partial charge in [0.25, 0.3) is 0 Å². The van der Waals surface area contributed by atoms with Gasteiger partial charge in [-0.15, -0.1) is 11.3 Å². The van der Waals surface area contributed by atoms with Crippen molar-refractivity contribution >= 4 is 41.4 Å².